The van der Waals surface area contributed by atoms with E-state index in [0.29, 0.717) is 6.42 Å². The fourth-order valence-electron chi connectivity index (χ4n) is 1.52. The smallest absolute Gasteiger partial charge is 0.229 e. The number of rotatable bonds is 3. The maximum Gasteiger partial charge on any atom is 0.229 e. The molecule has 0 aliphatic rings. The van der Waals surface area contributed by atoms with E-state index in [0.717, 1.165) is 24.4 Å². The maximum atomic E-state index is 11.9. The van der Waals surface area contributed by atoms with Crippen LogP contribution in [0.25, 0.3) is 0 Å². The van der Waals surface area contributed by atoms with E-state index in [9.17, 15) is 4.79 Å². The highest BCUT2D eigenvalue weighted by Gasteiger charge is 2.08. The highest BCUT2D eigenvalue weighted by Crippen LogP contribution is 2.25. The fraction of sp³-hybridized carbons (Fsp3) is 0.154. The molecule has 0 spiro atoms. The minimum atomic E-state index is -0.00565. The first-order valence-corrected chi connectivity index (χ1v) is 7.75. The first-order valence-electron chi connectivity index (χ1n) is 5.35. The van der Waals surface area contributed by atoms with Crippen molar-refractivity contribution < 1.29 is 4.79 Å². The second-order valence-electron chi connectivity index (χ2n) is 3.91. The lowest BCUT2D eigenvalue weighted by atomic mass is 10.2. The highest BCUT2D eigenvalue weighted by molar-refractivity contribution is 9.11. The molecule has 94 valence electrons. The van der Waals surface area contributed by atoms with Gasteiger partial charge < -0.3 is 5.32 Å². The Kier molecular flexibility index (Phi) is 4.59. The molecule has 1 aromatic carbocycles. The first-order chi connectivity index (χ1) is 8.54. The third-order valence-electron chi connectivity index (χ3n) is 2.36. The summed E-state index contributed by atoms with van der Waals surface area (Å²) in [5, 5.41) is 2.90. The molecule has 0 saturated heterocycles. The van der Waals surface area contributed by atoms with Crippen molar-refractivity contribution in [1.82, 2.24) is 0 Å². The van der Waals surface area contributed by atoms with Crippen molar-refractivity contribution in [3.63, 3.8) is 0 Å². The summed E-state index contributed by atoms with van der Waals surface area (Å²) in [6.07, 6.45) is 0.399. The van der Waals surface area contributed by atoms with E-state index >= 15 is 0 Å². The summed E-state index contributed by atoms with van der Waals surface area (Å²) in [5.74, 6) is -0.00565. The van der Waals surface area contributed by atoms with Gasteiger partial charge in [0, 0.05) is 9.35 Å². The molecule has 0 atom stereocenters. The quantitative estimate of drug-likeness (QED) is 0.806. The van der Waals surface area contributed by atoms with Gasteiger partial charge in [-0.3, -0.25) is 4.79 Å². The zero-order valence-electron chi connectivity index (χ0n) is 9.67. The van der Waals surface area contributed by atoms with Crippen LogP contribution in [0.15, 0.2) is 38.6 Å². The normalized spacial score (nSPS) is 10.4. The minimum absolute atomic E-state index is 0.00565. The van der Waals surface area contributed by atoms with Gasteiger partial charge in [-0.15, -0.1) is 11.3 Å². The van der Waals surface area contributed by atoms with Crippen molar-refractivity contribution in [2.45, 2.75) is 13.3 Å². The van der Waals surface area contributed by atoms with Crippen molar-refractivity contribution in [1.29, 1.82) is 0 Å². The van der Waals surface area contributed by atoms with Crippen LogP contribution in [-0.4, -0.2) is 5.91 Å². The molecule has 1 N–H and O–H groups in total. The molecule has 0 aliphatic carbocycles. The number of carbonyl (C=O) groups is 1. The lowest BCUT2D eigenvalue weighted by molar-refractivity contribution is -0.115. The van der Waals surface area contributed by atoms with Gasteiger partial charge in [-0.25, -0.2) is 0 Å². The predicted molar refractivity (Wildman–Crippen MR) is 83.2 cm³/mol. The topological polar surface area (TPSA) is 29.1 Å². The number of nitrogens with one attached hydrogen (secondary N) is 1. The lowest BCUT2D eigenvalue weighted by Gasteiger charge is -2.07. The molecule has 1 aromatic heterocycles. The molecule has 0 aliphatic heterocycles. The van der Waals surface area contributed by atoms with E-state index in [-0.39, 0.29) is 5.91 Å². The summed E-state index contributed by atoms with van der Waals surface area (Å²) >= 11 is 8.41. The monoisotopic (exact) mass is 387 g/mol. The Morgan fingerprint density at radius 2 is 2.06 bits per heavy atom. The lowest BCUT2D eigenvalue weighted by Crippen LogP contribution is -2.14. The Bertz CT molecular complexity index is 580. The number of hydrogen-bond donors (Lipinski definition) is 1. The molecule has 0 fully saturated rings. The molecule has 2 rings (SSSR count). The summed E-state index contributed by atoms with van der Waals surface area (Å²) in [6.45, 7) is 2.01. The van der Waals surface area contributed by atoms with Crippen molar-refractivity contribution >= 4 is 54.8 Å². The fourth-order valence-corrected chi connectivity index (χ4v) is 3.60. The van der Waals surface area contributed by atoms with Crippen LogP contribution in [0.5, 0.6) is 0 Å². The van der Waals surface area contributed by atoms with Crippen molar-refractivity contribution in [2.24, 2.45) is 0 Å². The first kappa shape index (κ1) is 13.8. The largest absolute Gasteiger partial charge is 0.325 e. The molecule has 1 heterocycles. The highest BCUT2D eigenvalue weighted by atomic mass is 79.9. The molecule has 0 bridgehead atoms. The maximum absolute atomic E-state index is 11.9. The van der Waals surface area contributed by atoms with Crippen LogP contribution in [0.4, 0.5) is 5.69 Å². The molecule has 5 heteroatoms. The number of halogens is 2. The number of carbonyl (C=O) groups excluding carboxylic acids is 1. The van der Waals surface area contributed by atoms with Gasteiger partial charge in [-0.2, -0.15) is 0 Å². The minimum Gasteiger partial charge on any atom is -0.325 e. The van der Waals surface area contributed by atoms with E-state index in [1.165, 1.54) is 0 Å². The van der Waals surface area contributed by atoms with Crippen LogP contribution in [-0.2, 0) is 11.2 Å². The average Bonchev–Trinajstić information content (AvgIpc) is 2.68. The van der Waals surface area contributed by atoms with Gasteiger partial charge in [0.15, 0.2) is 0 Å². The number of benzene rings is 1. The summed E-state index contributed by atoms with van der Waals surface area (Å²) in [4.78, 5) is 12.9. The van der Waals surface area contributed by atoms with Gasteiger partial charge in [0.2, 0.25) is 5.91 Å². The van der Waals surface area contributed by atoms with Crippen LogP contribution in [0.1, 0.15) is 10.4 Å². The number of amides is 1. The van der Waals surface area contributed by atoms with E-state index < -0.39 is 0 Å². The van der Waals surface area contributed by atoms with Gasteiger partial charge in [-0.05, 0) is 68.6 Å². The van der Waals surface area contributed by atoms with Gasteiger partial charge in [-0.1, -0.05) is 6.07 Å². The number of hydrogen-bond acceptors (Lipinski definition) is 2. The van der Waals surface area contributed by atoms with Crippen molar-refractivity contribution in [3.05, 3.63) is 49.0 Å². The summed E-state index contributed by atoms with van der Waals surface area (Å²) in [5.41, 5.74) is 1.96. The van der Waals surface area contributed by atoms with Gasteiger partial charge in [0.25, 0.3) is 0 Å². The molecule has 0 unspecified atom stereocenters. The van der Waals surface area contributed by atoms with E-state index in [2.05, 4.69) is 37.2 Å². The predicted octanol–water partition coefficient (Wildman–Crippen LogP) is 4.76. The molecule has 0 saturated carbocycles. The molecule has 1 amide bonds. The van der Waals surface area contributed by atoms with E-state index in [1.807, 2.05) is 37.3 Å². The second-order valence-corrected chi connectivity index (χ2v) is 7.32. The third kappa shape index (κ3) is 3.67. The Morgan fingerprint density at radius 1 is 1.28 bits per heavy atom. The molecular weight excluding hydrogens is 378 g/mol. The van der Waals surface area contributed by atoms with E-state index in [4.69, 9.17) is 0 Å². The second kappa shape index (κ2) is 5.99. The summed E-state index contributed by atoms with van der Waals surface area (Å²) in [6, 6.07) is 9.77. The van der Waals surface area contributed by atoms with E-state index in [1.54, 1.807) is 11.3 Å². The molecular formula is C13H11Br2NOS. The Labute approximate surface area is 127 Å². The zero-order valence-corrected chi connectivity index (χ0v) is 13.7. The van der Waals surface area contributed by atoms with Crippen molar-refractivity contribution in [3.8, 4) is 0 Å². The molecule has 0 radical (unpaired) electrons. The summed E-state index contributed by atoms with van der Waals surface area (Å²) in [7, 11) is 0. The Hall–Kier alpha value is -0.650. The van der Waals surface area contributed by atoms with Crippen LogP contribution in [0, 0.1) is 6.92 Å². The van der Waals surface area contributed by atoms with Crippen LogP contribution in [0.3, 0.4) is 0 Å². The number of aryl methyl sites for hydroxylation is 1. The number of anilines is 1. The average molecular weight is 389 g/mol. The third-order valence-corrected chi connectivity index (χ3v) is 4.64. The Morgan fingerprint density at radius 3 is 2.67 bits per heavy atom. The molecule has 18 heavy (non-hydrogen) atoms. The zero-order chi connectivity index (χ0) is 13.1. The van der Waals surface area contributed by atoms with Crippen LogP contribution in [0.2, 0.25) is 0 Å². The van der Waals surface area contributed by atoms with Crippen LogP contribution >= 0.6 is 43.2 Å². The SMILES string of the molecule is Cc1ccc(NC(=O)Cc2ccc(Br)s2)c(Br)c1. The molecule has 2 aromatic rings. The molecule has 2 nitrogen and oxygen atoms in total. The van der Waals surface area contributed by atoms with Gasteiger partial charge in [0.1, 0.15) is 0 Å². The van der Waals surface area contributed by atoms with Gasteiger partial charge in [0.05, 0.1) is 15.9 Å². The Balaban J connectivity index is 2.03. The van der Waals surface area contributed by atoms with Crippen molar-refractivity contribution in [2.75, 3.05) is 5.32 Å². The number of thiophene rings is 1. The standard InChI is InChI=1S/C13H11Br2NOS/c1-8-2-4-11(10(14)6-8)16-13(17)7-9-3-5-12(15)18-9/h2-6H,7H2,1H3,(H,16,17). The van der Waals surface area contributed by atoms with Gasteiger partial charge >= 0.3 is 0 Å². The summed E-state index contributed by atoms with van der Waals surface area (Å²) < 4.78 is 1.95. The van der Waals surface area contributed by atoms with Crippen LogP contribution < -0.4 is 5.32 Å².